The Labute approximate surface area is 177 Å². The molecule has 0 spiro atoms. The number of hydrogen-bond donors (Lipinski definition) is 3. The summed E-state index contributed by atoms with van der Waals surface area (Å²) >= 11 is 0. The van der Waals surface area contributed by atoms with Crippen LogP contribution in [-0.2, 0) is 22.6 Å². The van der Waals surface area contributed by atoms with Gasteiger partial charge in [0.1, 0.15) is 38.5 Å². The second-order valence-corrected chi connectivity index (χ2v) is 7.67. The van der Waals surface area contributed by atoms with Crippen LogP contribution in [0.3, 0.4) is 0 Å². The van der Waals surface area contributed by atoms with Gasteiger partial charge in [0.25, 0.3) is 5.91 Å². The van der Waals surface area contributed by atoms with Crippen LogP contribution in [0.5, 0.6) is 5.75 Å². The van der Waals surface area contributed by atoms with Crippen LogP contribution in [0.1, 0.15) is 21.5 Å². The summed E-state index contributed by atoms with van der Waals surface area (Å²) in [5, 5.41) is 2.98. The van der Waals surface area contributed by atoms with Gasteiger partial charge in [0.05, 0.1) is 19.8 Å². The highest BCUT2D eigenvalue weighted by Crippen LogP contribution is 2.10. The quantitative estimate of drug-likeness (QED) is 0.490. The smallest absolute Gasteiger partial charge is 0.337 e. The molecule has 0 aromatic heterocycles. The van der Waals surface area contributed by atoms with Crippen molar-refractivity contribution in [2.45, 2.75) is 13.1 Å². The molecule has 7 nitrogen and oxygen atoms in total. The summed E-state index contributed by atoms with van der Waals surface area (Å²) in [5.41, 5.74) is 2.78. The summed E-state index contributed by atoms with van der Waals surface area (Å²) in [6.45, 7) is 6.07. The van der Waals surface area contributed by atoms with E-state index in [1.165, 1.54) is 17.6 Å². The van der Waals surface area contributed by atoms with Crippen molar-refractivity contribution in [2.75, 3.05) is 46.9 Å². The molecule has 0 radical (unpaired) electrons. The number of methoxy groups -OCH3 is 2. The minimum atomic E-state index is -0.359. The summed E-state index contributed by atoms with van der Waals surface area (Å²) in [6.07, 6.45) is 0. The fourth-order valence-electron chi connectivity index (χ4n) is 3.71. The average molecular weight is 414 g/mol. The fourth-order valence-corrected chi connectivity index (χ4v) is 3.71. The second-order valence-electron chi connectivity index (χ2n) is 7.67. The molecule has 7 heteroatoms. The summed E-state index contributed by atoms with van der Waals surface area (Å²) in [5.74, 6) is 0.580. The van der Waals surface area contributed by atoms with Gasteiger partial charge in [0.2, 0.25) is 0 Å². The number of rotatable bonds is 8. The normalized spacial score (nSPS) is 18.5. The molecule has 3 N–H and O–H groups in total. The molecular formula is C23H31N3O4+2. The molecule has 1 aliphatic heterocycles. The zero-order chi connectivity index (χ0) is 21.3. The Hall–Kier alpha value is -2.90. The number of benzene rings is 2. The molecule has 0 aliphatic carbocycles. The van der Waals surface area contributed by atoms with Crippen molar-refractivity contribution in [3.63, 3.8) is 0 Å². The van der Waals surface area contributed by atoms with Crippen molar-refractivity contribution in [3.05, 3.63) is 65.2 Å². The summed E-state index contributed by atoms with van der Waals surface area (Å²) < 4.78 is 9.90. The Balaban J connectivity index is 1.37. The molecular weight excluding hydrogens is 382 g/mol. The van der Waals surface area contributed by atoms with Crippen LogP contribution >= 0.6 is 0 Å². The minimum Gasteiger partial charge on any atom is -0.497 e. The summed E-state index contributed by atoms with van der Waals surface area (Å²) in [4.78, 5) is 26.7. The molecule has 1 heterocycles. The number of amides is 1. The van der Waals surface area contributed by atoms with Crippen LogP contribution in [0, 0.1) is 0 Å². The first-order valence-corrected chi connectivity index (χ1v) is 10.3. The minimum absolute atomic E-state index is 0.0562. The van der Waals surface area contributed by atoms with E-state index in [4.69, 9.17) is 9.47 Å². The highest BCUT2D eigenvalue weighted by molar-refractivity contribution is 5.89. The van der Waals surface area contributed by atoms with Gasteiger partial charge in [-0.2, -0.15) is 0 Å². The van der Waals surface area contributed by atoms with Crippen molar-refractivity contribution >= 4 is 11.9 Å². The van der Waals surface area contributed by atoms with E-state index >= 15 is 0 Å². The van der Waals surface area contributed by atoms with Crippen LogP contribution in [0.15, 0.2) is 48.5 Å². The van der Waals surface area contributed by atoms with Gasteiger partial charge < -0.3 is 24.6 Å². The molecule has 1 aliphatic rings. The Morgan fingerprint density at radius 1 is 0.867 bits per heavy atom. The van der Waals surface area contributed by atoms with Gasteiger partial charge in [-0.25, -0.2) is 4.79 Å². The van der Waals surface area contributed by atoms with E-state index in [1.54, 1.807) is 24.1 Å². The van der Waals surface area contributed by atoms with Gasteiger partial charge in [-0.05, 0) is 42.0 Å². The maximum Gasteiger partial charge on any atom is 0.337 e. The number of nitrogens with one attached hydrogen (secondary N) is 3. The Morgan fingerprint density at radius 3 is 2.07 bits per heavy atom. The number of hydrogen-bond acceptors (Lipinski definition) is 4. The largest absolute Gasteiger partial charge is 0.497 e. The zero-order valence-corrected chi connectivity index (χ0v) is 17.7. The number of carbonyl (C=O) groups excluding carboxylic acids is 2. The molecule has 3 rings (SSSR count). The van der Waals surface area contributed by atoms with Crippen molar-refractivity contribution in [3.8, 4) is 5.75 Å². The van der Waals surface area contributed by atoms with Gasteiger partial charge in [-0.15, -0.1) is 0 Å². The van der Waals surface area contributed by atoms with Gasteiger partial charge >= 0.3 is 5.97 Å². The summed E-state index contributed by atoms with van der Waals surface area (Å²) in [6, 6.07) is 15.3. The number of ether oxygens (including phenoxy) is 2. The van der Waals surface area contributed by atoms with E-state index in [-0.39, 0.29) is 11.9 Å². The maximum atomic E-state index is 12.3. The predicted octanol–water partition coefficient (Wildman–Crippen LogP) is -0.918. The lowest BCUT2D eigenvalue weighted by molar-refractivity contribution is -1.02. The topological polar surface area (TPSA) is 73.5 Å². The average Bonchev–Trinajstić information content (AvgIpc) is 2.79. The number of esters is 1. The molecule has 0 atom stereocenters. The van der Waals surface area contributed by atoms with Crippen LogP contribution in [0.2, 0.25) is 0 Å². The zero-order valence-electron chi connectivity index (χ0n) is 17.7. The second kappa shape index (κ2) is 10.8. The third-order valence-corrected chi connectivity index (χ3v) is 5.55. The Morgan fingerprint density at radius 2 is 1.47 bits per heavy atom. The first-order valence-electron chi connectivity index (χ1n) is 10.3. The van der Waals surface area contributed by atoms with Crippen molar-refractivity contribution in [2.24, 2.45) is 0 Å². The standard InChI is InChI=1S/C23H29N3O4/c1-29-21-9-5-19(6-10-21)16-25-11-13-26(14-12-25)17-22(27)24-15-18-3-7-20(8-4-18)23(28)30-2/h3-10H,11-17H2,1-2H3,(H,24,27)/p+2. The number of carbonyl (C=O) groups is 2. The van der Waals surface area contributed by atoms with E-state index < -0.39 is 0 Å². The molecule has 2 aromatic rings. The van der Waals surface area contributed by atoms with E-state index in [2.05, 4.69) is 17.4 Å². The van der Waals surface area contributed by atoms with Crippen LogP contribution in [0.4, 0.5) is 0 Å². The third kappa shape index (κ3) is 6.30. The maximum absolute atomic E-state index is 12.3. The van der Waals surface area contributed by atoms with Crippen LogP contribution in [-0.4, -0.2) is 58.8 Å². The molecule has 0 unspecified atom stereocenters. The Kier molecular flexibility index (Phi) is 7.82. The van der Waals surface area contributed by atoms with Crippen LogP contribution < -0.4 is 19.9 Å². The molecule has 0 bridgehead atoms. The third-order valence-electron chi connectivity index (χ3n) is 5.55. The van der Waals surface area contributed by atoms with Crippen molar-refractivity contribution < 1.29 is 28.9 Å². The van der Waals surface area contributed by atoms with Gasteiger partial charge in [0, 0.05) is 12.1 Å². The van der Waals surface area contributed by atoms with E-state index in [0.717, 1.165) is 44.0 Å². The molecule has 0 saturated carbocycles. The SMILES string of the molecule is COC(=O)c1ccc(CNC(=O)C[NH+]2CC[NH+](Cc3ccc(OC)cc3)CC2)cc1. The number of piperazine rings is 1. The van der Waals surface area contributed by atoms with Crippen molar-refractivity contribution in [1.82, 2.24) is 5.32 Å². The first kappa shape index (κ1) is 21.8. The Bertz CT molecular complexity index is 829. The van der Waals surface area contributed by atoms with Gasteiger partial charge in [-0.3, -0.25) is 4.79 Å². The fraction of sp³-hybridized carbons (Fsp3) is 0.391. The lowest BCUT2D eigenvalue weighted by Gasteiger charge is -2.29. The monoisotopic (exact) mass is 413 g/mol. The highest BCUT2D eigenvalue weighted by atomic mass is 16.5. The van der Waals surface area contributed by atoms with Gasteiger partial charge in [-0.1, -0.05) is 12.1 Å². The molecule has 1 amide bonds. The highest BCUT2D eigenvalue weighted by Gasteiger charge is 2.24. The first-order chi connectivity index (χ1) is 14.6. The molecule has 1 saturated heterocycles. The lowest BCUT2D eigenvalue weighted by atomic mass is 10.1. The lowest BCUT2D eigenvalue weighted by Crippen LogP contribution is -3.28. The molecule has 2 aromatic carbocycles. The molecule has 1 fully saturated rings. The summed E-state index contributed by atoms with van der Waals surface area (Å²) in [7, 11) is 3.04. The predicted molar refractivity (Wildman–Crippen MR) is 113 cm³/mol. The van der Waals surface area contributed by atoms with E-state index in [9.17, 15) is 9.59 Å². The van der Waals surface area contributed by atoms with E-state index in [1.807, 2.05) is 24.3 Å². The number of quaternary nitrogens is 2. The van der Waals surface area contributed by atoms with Gasteiger partial charge in [0.15, 0.2) is 6.54 Å². The van der Waals surface area contributed by atoms with E-state index in [0.29, 0.717) is 18.7 Å². The van der Waals surface area contributed by atoms with Crippen LogP contribution in [0.25, 0.3) is 0 Å². The van der Waals surface area contributed by atoms with Crippen molar-refractivity contribution in [1.29, 1.82) is 0 Å². The molecule has 30 heavy (non-hydrogen) atoms. The molecule has 160 valence electrons.